The summed E-state index contributed by atoms with van der Waals surface area (Å²) in [4.78, 5) is 4.14. The van der Waals surface area contributed by atoms with Gasteiger partial charge in [-0.2, -0.15) is 0 Å². The largest absolute Gasteiger partial charge is 0.396 e. The Morgan fingerprint density at radius 3 is 2.83 bits per heavy atom. The second-order valence-electron chi connectivity index (χ2n) is 3.69. The van der Waals surface area contributed by atoms with Crippen molar-refractivity contribution in [3.8, 4) is 0 Å². The number of nitrogens with one attached hydrogen (secondary N) is 1. The SMILES string of the molecule is Nc1cc(Br)cnc1NCc1ccc(F)c(Cl)c1. The van der Waals surface area contributed by atoms with Gasteiger partial charge in [-0.25, -0.2) is 9.37 Å². The van der Waals surface area contributed by atoms with Crippen molar-refractivity contribution in [1.82, 2.24) is 4.98 Å². The molecule has 2 aromatic rings. The van der Waals surface area contributed by atoms with E-state index in [2.05, 4.69) is 26.2 Å². The molecule has 3 nitrogen and oxygen atoms in total. The number of hydrogen-bond donors (Lipinski definition) is 2. The highest BCUT2D eigenvalue weighted by Crippen LogP contribution is 2.21. The molecule has 2 rings (SSSR count). The van der Waals surface area contributed by atoms with Gasteiger partial charge < -0.3 is 11.1 Å². The first-order chi connectivity index (χ1) is 8.56. The van der Waals surface area contributed by atoms with E-state index in [1.165, 1.54) is 6.07 Å². The van der Waals surface area contributed by atoms with E-state index in [0.717, 1.165) is 10.0 Å². The number of rotatable bonds is 3. The molecule has 18 heavy (non-hydrogen) atoms. The topological polar surface area (TPSA) is 50.9 Å². The number of pyridine rings is 1. The Hall–Kier alpha value is -1.33. The average Bonchev–Trinajstić information content (AvgIpc) is 2.32. The molecule has 0 saturated heterocycles. The van der Waals surface area contributed by atoms with Gasteiger partial charge in [-0.3, -0.25) is 0 Å². The molecule has 6 heteroatoms. The van der Waals surface area contributed by atoms with Gasteiger partial charge in [0.1, 0.15) is 11.6 Å². The normalized spacial score (nSPS) is 10.4. The molecule has 0 spiro atoms. The standard InChI is InChI=1S/C12H10BrClFN3/c13-8-4-11(16)12(18-6-8)17-5-7-1-2-10(15)9(14)3-7/h1-4,6H,5,16H2,(H,17,18). The van der Waals surface area contributed by atoms with E-state index in [4.69, 9.17) is 17.3 Å². The molecule has 0 aliphatic carbocycles. The Labute approximate surface area is 117 Å². The fraction of sp³-hybridized carbons (Fsp3) is 0.0833. The lowest BCUT2D eigenvalue weighted by Crippen LogP contribution is -2.04. The molecular formula is C12H10BrClFN3. The Bertz CT molecular complexity index is 577. The quantitative estimate of drug-likeness (QED) is 0.899. The first kappa shape index (κ1) is 13.1. The van der Waals surface area contributed by atoms with Crippen LogP contribution in [-0.2, 0) is 6.54 Å². The zero-order chi connectivity index (χ0) is 13.1. The molecule has 1 aromatic heterocycles. The first-order valence-corrected chi connectivity index (χ1v) is 6.32. The van der Waals surface area contributed by atoms with Crippen LogP contribution in [0.1, 0.15) is 5.56 Å². The van der Waals surface area contributed by atoms with E-state index in [0.29, 0.717) is 18.1 Å². The number of nitrogens with zero attached hydrogens (tertiary/aromatic N) is 1. The van der Waals surface area contributed by atoms with Gasteiger partial charge in [0.25, 0.3) is 0 Å². The minimum atomic E-state index is -0.429. The van der Waals surface area contributed by atoms with Crippen molar-refractivity contribution in [2.75, 3.05) is 11.1 Å². The van der Waals surface area contributed by atoms with E-state index < -0.39 is 5.82 Å². The number of aromatic nitrogens is 1. The van der Waals surface area contributed by atoms with Gasteiger partial charge >= 0.3 is 0 Å². The van der Waals surface area contributed by atoms with E-state index in [1.54, 1.807) is 24.4 Å². The van der Waals surface area contributed by atoms with Crippen molar-refractivity contribution < 1.29 is 4.39 Å². The number of hydrogen-bond acceptors (Lipinski definition) is 3. The van der Waals surface area contributed by atoms with Crippen molar-refractivity contribution in [3.63, 3.8) is 0 Å². The van der Waals surface area contributed by atoms with Crippen molar-refractivity contribution in [1.29, 1.82) is 0 Å². The molecule has 0 aliphatic heterocycles. The zero-order valence-electron chi connectivity index (χ0n) is 9.25. The van der Waals surface area contributed by atoms with E-state index in [9.17, 15) is 4.39 Å². The van der Waals surface area contributed by atoms with Crippen LogP contribution in [-0.4, -0.2) is 4.98 Å². The predicted molar refractivity (Wildman–Crippen MR) is 75.1 cm³/mol. The van der Waals surface area contributed by atoms with Crippen LogP contribution in [0.5, 0.6) is 0 Å². The molecule has 0 atom stereocenters. The van der Waals surface area contributed by atoms with Crippen LogP contribution in [0, 0.1) is 5.82 Å². The summed E-state index contributed by atoms with van der Waals surface area (Å²) in [5, 5.41) is 3.17. The molecular weight excluding hydrogens is 321 g/mol. The van der Waals surface area contributed by atoms with Crippen LogP contribution in [0.25, 0.3) is 0 Å². The highest BCUT2D eigenvalue weighted by atomic mass is 79.9. The summed E-state index contributed by atoms with van der Waals surface area (Å²) < 4.78 is 13.8. The van der Waals surface area contributed by atoms with Gasteiger partial charge in [-0.1, -0.05) is 17.7 Å². The fourth-order valence-electron chi connectivity index (χ4n) is 1.44. The predicted octanol–water partition coefficient (Wildman–Crippen LogP) is 3.83. The smallest absolute Gasteiger partial charge is 0.149 e. The number of nitrogen functional groups attached to an aromatic ring is 1. The summed E-state index contributed by atoms with van der Waals surface area (Å²) in [5.74, 6) is 0.153. The molecule has 0 saturated carbocycles. The molecule has 3 N–H and O–H groups in total. The number of halogens is 3. The monoisotopic (exact) mass is 329 g/mol. The van der Waals surface area contributed by atoms with Crippen LogP contribution in [0.4, 0.5) is 15.9 Å². The van der Waals surface area contributed by atoms with Crippen LogP contribution in [0.15, 0.2) is 34.9 Å². The summed E-state index contributed by atoms with van der Waals surface area (Å²) in [7, 11) is 0. The van der Waals surface area contributed by atoms with Crippen molar-refractivity contribution in [2.45, 2.75) is 6.54 Å². The molecule has 1 heterocycles. The number of benzene rings is 1. The Balaban J connectivity index is 2.09. The lowest BCUT2D eigenvalue weighted by atomic mass is 10.2. The van der Waals surface area contributed by atoms with Gasteiger partial charge in [-0.05, 0) is 39.7 Å². The molecule has 0 amide bonds. The number of anilines is 2. The molecule has 1 aromatic carbocycles. The highest BCUT2D eigenvalue weighted by molar-refractivity contribution is 9.10. The minimum Gasteiger partial charge on any atom is -0.396 e. The average molecular weight is 331 g/mol. The van der Waals surface area contributed by atoms with Crippen LogP contribution >= 0.6 is 27.5 Å². The molecule has 94 valence electrons. The lowest BCUT2D eigenvalue weighted by Gasteiger charge is -2.09. The summed E-state index contributed by atoms with van der Waals surface area (Å²) in [6.45, 7) is 0.471. The third kappa shape index (κ3) is 3.11. The van der Waals surface area contributed by atoms with Gasteiger partial charge in [0.05, 0.1) is 10.7 Å². The second-order valence-corrected chi connectivity index (χ2v) is 5.02. The molecule has 0 fully saturated rings. The Kier molecular flexibility index (Phi) is 4.04. The van der Waals surface area contributed by atoms with Crippen molar-refractivity contribution in [3.05, 3.63) is 51.3 Å². The Morgan fingerprint density at radius 2 is 2.17 bits per heavy atom. The van der Waals surface area contributed by atoms with E-state index in [-0.39, 0.29) is 5.02 Å². The second kappa shape index (κ2) is 5.54. The summed E-state index contributed by atoms with van der Waals surface area (Å²) >= 11 is 8.98. The van der Waals surface area contributed by atoms with Crippen LogP contribution in [0.2, 0.25) is 5.02 Å². The maximum absolute atomic E-state index is 13.0. The van der Waals surface area contributed by atoms with Gasteiger partial charge in [0, 0.05) is 17.2 Å². The summed E-state index contributed by atoms with van der Waals surface area (Å²) in [6.07, 6.45) is 1.65. The van der Waals surface area contributed by atoms with Crippen molar-refractivity contribution in [2.24, 2.45) is 0 Å². The van der Waals surface area contributed by atoms with Crippen molar-refractivity contribution >= 4 is 39.0 Å². The summed E-state index contributed by atoms with van der Waals surface area (Å²) in [6, 6.07) is 6.31. The molecule has 0 radical (unpaired) electrons. The maximum Gasteiger partial charge on any atom is 0.149 e. The van der Waals surface area contributed by atoms with Crippen LogP contribution < -0.4 is 11.1 Å². The third-order valence-corrected chi connectivity index (χ3v) is 3.05. The third-order valence-electron chi connectivity index (χ3n) is 2.33. The first-order valence-electron chi connectivity index (χ1n) is 5.15. The van der Waals surface area contributed by atoms with Gasteiger partial charge in [0.15, 0.2) is 0 Å². The molecule has 0 bridgehead atoms. The molecule has 0 unspecified atom stereocenters. The van der Waals surface area contributed by atoms with E-state index >= 15 is 0 Å². The summed E-state index contributed by atoms with van der Waals surface area (Å²) in [5.41, 5.74) is 7.19. The number of nitrogens with two attached hydrogens (primary N) is 1. The minimum absolute atomic E-state index is 0.103. The maximum atomic E-state index is 13.0. The zero-order valence-corrected chi connectivity index (χ0v) is 11.6. The lowest BCUT2D eigenvalue weighted by molar-refractivity contribution is 0.627. The Morgan fingerprint density at radius 1 is 1.39 bits per heavy atom. The fourth-order valence-corrected chi connectivity index (χ4v) is 1.99. The van der Waals surface area contributed by atoms with Crippen LogP contribution in [0.3, 0.4) is 0 Å². The van der Waals surface area contributed by atoms with Gasteiger partial charge in [0.2, 0.25) is 0 Å². The van der Waals surface area contributed by atoms with Gasteiger partial charge in [-0.15, -0.1) is 0 Å². The highest BCUT2D eigenvalue weighted by Gasteiger charge is 2.03. The van der Waals surface area contributed by atoms with E-state index in [1.807, 2.05) is 0 Å². The molecule has 0 aliphatic rings.